The quantitative estimate of drug-likeness (QED) is 0.0345. The van der Waals surface area contributed by atoms with Crippen molar-refractivity contribution in [3.05, 3.63) is 24.3 Å². The minimum absolute atomic E-state index is 0.0155. The molecule has 0 N–H and O–H groups in total. The van der Waals surface area contributed by atoms with Crippen molar-refractivity contribution in [3.8, 4) is 0 Å². The number of carbonyl (C=O) groups is 2. The second kappa shape index (κ2) is 41.6. The zero-order valence-electron chi connectivity index (χ0n) is 39.8. The summed E-state index contributed by atoms with van der Waals surface area (Å²) in [7, 11) is 2.19. The third-order valence-electron chi connectivity index (χ3n) is 12.7. The van der Waals surface area contributed by atoms with Crippen molar-refractivity contribution < 1.29 is 23.8 Å². The van der Waals surface area contributed by atoms with Gasteiger partial charge in [-0.2, -0.15) is 0 Å². The predicted octanol–water partition coefficient (Wildman–Crippen LogP) is 13.8. The van der Waals surface area contributed by atoms with Gasteiger partial charge in [0, 0.05) is 52.2 Å². The van der Waals surface area contributed by atoms with E-state index in [2.05, 4.69) is 68.8 Å². The monoisotopic (exact) mass is 831 g/mol. The number of unbranched alkanes of at least 4 members (excludes halogenated alkanes) is 17. The Hall–Kier alpha value is -1.70. The largest absolute Gasteiger partial charge is 0.465 e. The van der Waals surface area contributed by atoms with Gasteiger partial charge in [0.05, 0.1) is 6.61 Å². The molecule has 0 aliphatic carbocycles. The van der Waals surface area contributed by atoms with Crippen LogP contribution in [0.3, 0.4) is 0 Å². The molecule has 0 bridgehead atoms. The Labute approximate surface area is 366 Å². The number of allylic oxidation sites excluding steroid dienone is 4. The van der Waals surface area contributed by atoms with E-state index >= 15 is 0 Å². The predicted molar refractivity (Wildman–Crippen MR) is 252 cm³/mol. The summed E-state index contributed by atoms with van der Waals surface area (Å²) in [6.45, 7) is 16.7. The molecular weight excluding hydrogens is 733 g/mol. The fraction of sp³-hybridized carbons (Fsp3) is 0.885. The number of esters is 2. The van der Waals surface area contributed by atoms with Gasteiger partial charge in [0.1, 0.15) is 6.10 Å². The van der Waals surface area contributed by atoms with Crippen LogP contribution in [0.25, 0.3) is 0 Å². The smallest absolute Gasteiger partial charge is 0.306 e. The first-order valence-electron chi connectivity index (χ1n) is 25.5. The van der Waals surface area contributed by atoms with Crippen LogP contribution in [0.15, 0.2) is 24.3 Å². The molecule has 0 aromatic carbocycles. The van der Waals surface area contributed by atoms with Gasteiger partial charge in [-0.1, -0.05) is 135 Å². The summed E-state index contributed by atoms with van der Waals surface area (Å²) in [5, 5.41) is 0. The minimum atomic E-state index is -0.0356. The van der Waals surface area contributed by atoms with Gasteiger partial charge in [0.25, 0.3) is 0 Å². The average Bonchev–Trinajstić information content (AvgIpc) is 3.24. The molecule has 1 atom stereocenters. The molecule has 1 fully saturated rings. The van der Waals surface area contributed by atoms with E-state index in [0.717, 1.165) is 116 Å². The van der Waals surface area contributed by atoms with Crippen molar-refractivity contribution in [2.24, 2.45) is 11.8 Å². The molecule has 1 unspecified atom stereocenters. The first-order chi connectivity index (χ1) is 28.9. The topological polar surface area (TPSA) is 68.3 Å². The Bertz CT molecular complexity index is 986. The van der Waals surface area contributed by atoms with Gasteiger partial charge in [0.2, 0.25) is 0 Å². The summed E-state index contributed by atoms with van der Waals surface area (Å²) in [6, 6.07) is 0. The van der Waals surface area contributed by atoms with Crippen LogP contribution in [0.1, 0.15) is 220 Å². The van der Waals surface area contributed by atoms with Gasteiger partial charge in [-0.3, -0.25) is 9.59 Å². The summed E-state index contributed by atoms with van der Waals surface area (Å²) >= 11 is 0. The Morgan fingerprint density at radius 3 is 1.47 bits per heavy atom. The molecule has 0 aromatic rings. The van der Waals surface area contributed by atoms with E-state index < -0.39 is 0 Å². The molecular formula is C52H98N2O5. The molecule has 0 radical (unpaired) electrons. The van der Waals surface area contributed by atoms with Gasteiger partial charge >= 0.3 is 11.9 Å². The van der Waals surface area contributed by atoms with Gasteiger partial charge in [-0.05, 0) is 122 Å². The van der Waals surface area contributed by atoms with Crippen molar-refractivity contribution in [3.63, 3.8) is 0 Å². The van der Waals surface area contributed by atoms with E-state index in [-0.39, 0.29) is 18.0 Å². The standard InChI is InChI=1S/C52H98N2O5/c1-6-48(7-2)46-57-45-34-30-26-22-18-14-10-11-15-19-23-27-31-36-50(59-52(56)39-35-40-54-43-41-53(5)42-44-54)37-32-28-24-20-16-12-13-17-21-25-29-33-38-51(55)58-47-49(8-3)9-4/h14,17-18,21,48-50H,6-13,15-16,19-20,22-47H2,1-5H3. The number of piperazine rings is 1. The zero-order chi connectivity index (χ0) is 42.9. The molecule has 7 heteroatoms. The highest BCUT2D eigenvalue weighted by atomic mass is 16.5. The molecule has 7 nitrogen and oxygen atoms in total. The summed E-state index contributed by atoms with van der Waals surface area (Å²) < 4.78 is 17.4. The first-order valence-corrected chi connectivity index (χ1v) is 25.5. The average molecular weight is 831 g/mol. The molecule has 1 saturated heterocycles. The first kappa shape index (κ1) is 55.3. The lowest BCUT2D eigenvalue weighted by molar-refractivity contribution is -0.150. The molecule has 346 valence electrons. The van der Waals surface area contributed by atoms with Crippen LogP contribution in [0.2, 0.25) is 0 Å². The number of hydrogen-bond donors (Lipinski definition) is 0. The van der Waals surface area contributed by atoms with Crippen LogP contribution in [0.5, 0.6) is 0 Å². The number of likely N-dealkylation sites (N-methyl/N-ethyl adjacent to an activating group) is 1. The number of rotatable bonds is 42. The lowest BCUT2D eigenvalue weighted by atomic mass is 10.0. The maximum atomic E-state index is 12.9. The van der Waals surface area contributed by atoms with Crippen LogP contribution in [-0.2, 0) is 23.8 Å². The van der Waals surface area contributed by atoms with Gasteiger partial charge in [-0.15, -0.1) is 0 Å². The molecule has 59 heavy (non-hydrogen) atoms. The van der Waals surface area contributed by atoms with Gasteiger partial charge < -0.3 is 24.0 Å². The summed E-state index contributed by atoms with van der Waals surface area (Å²) in [5.41, 5.74) is 0. The van der Waals surface area contributed by atoms with Crippen molar-refractivity contribution in [2.45, 2.75) is 226 Å². The van der Waals surface area contributed by atoms with E-state index in [9.17, 15) is 9.59 Å². The number of nitrogens with zero attached hydrogens (tertiary/aromatic N) is 2. The molecule has 0 aromatic heterocycles. The normalized spacial score (nSPS) is 14.7. The highest BCUT2D eigenvalue weighted by Gasteiger charge is 2.17. The lowest BCUT2D eigenvalue weighted by Gasteiger charge is -2.32. The van der Waals surface area contributed by atoms with Crippen LogP contribution in [-0.4, -0.2) is 87.4 Å². The van der Waals surface area contributed by atoms with Gasteiger partial charge in [-0.25, -0.2) is 0 Å². The van der Waals surface area contributed by atoms with Crippen molar-refractivity contribution in [1.82, 2.24) is 9.80 Å². The van der Waals surface area contributed by atoms with Crippen molar-refractivity contribution in [2.75, 3.05) is 59.6 Å². The third kappa shape index (κ3) is 35.6. The van der Waals surface area contributed by atoms with E-state index in [1.54, 1.807) is 0 Å². The van der Waals surface area contributed by atoms with E-state index in [4.69, 9.17) is 14.2 Å². The number of hydrogen-bond acceptors (Lipinski definition) is 7. The van der Waals surface area contributed by atoms with Crippen LogP contribution in [0.4, 0.5) is 0 Å². The maximum Gasteiger partial charge on any atom is 0.306 e. The fourth-order valence-corrected chi connectivity index (χ4v) is 7.94. The lowest BCUT2D eigenvalue weighted by Crippen LogP contribution is -2.44. The van der Waals surface area contributed by atoms with Crippen LogP contribution >= 0.6 is 0 Å². The second-order valence-electron chi connectivity index (χ2n) is 17.9. The van der Waals surface area contributed by atoms with Crippen molar-refractivity contribution >= 4 is 11.9 Å². The van der Waals surface area contributed by atoms with Crippen molar-refractivity contribution in [1.29, 1.82) is 0 Å². The van der Waals surface area contributed by atoms with Gasteiger partial charge in [0.15, 0.2) is 0 Å². The maximum absolute atomic E-state index is 12.9. The molecule has 1 rings (SSSR count). The Kier molecular flexibility index (Phi) is 39.0. The second-order valence-corrected chi connectivity index (χ2v) is 17.9. The Balaban J connectivity index is 2.16. The SMILES string of the molecule is CCC(CC)COCCCCCC=CCCCCCCCCC(CCCCCCCCC=CCCCCC(=O)OCC(CC)CC)OC(=O)CCCN1CCN(C)CC1. The highest BCUT2D eigenvalue weighted by molar-refractivity contribution is 5.69. The van der Waals surface area contributed by atoms with Crippen LogP contribution in [0, 0.1) is 11.8 Å². The molecule has 0 amide bonds. The van der Waals surface area contributed by atoms with Crippen LogP contribution < -0.4 is 0 Å². The third-order valence-corrected chi connectivity index (χ3v) is 12.7. The molecule has 0 saturated carbocycles. The minimum Gasteiger partial charge on any atom is -0.465 e. The Morgan fingerprint density at radius 2 is 0.949 bits per heavy atom. The zero-order valence-corrected chi connectivity index (χ0v) is 39.8. The van der Waals surface area contributed by atoms with E-state index in [1.165, 1.54) is 116 Å². The molecule has 1 heterocycles. The van der Waals surface area contributed by atoms with E-state index in [1.807, 2.05) is 0 Å². The molecule has 0 spiro atoms. The van der Waals surface area contributed by atoms with E-state index in [0.29, 0.717) is 25.4 Å². The Morgan fingerprint density at radius 1 is 0.508 bits per heavy atom. The molecule has 1 aliphatic rings. The fourth-order valence-electron chi connectivity index (χ4n) is 7.94. The number of ether oxygens (including phenoxy) is 3. The molecule has 1 aliphatic heterocycles. The summed E-state index contributed by atoms with van der Waals surface area (Å²) in [5.74, 6) is 1.22. The number of carbonyl (C=O) groups excluding carboxylic acids is 2. The summed E-state index contributed by atoms with van der Waals surface area (Å²) in [6.07, 6.45) is 43.6. The highest BCUT2D eigenvalue weighted by Crippen LogP contribution is 2.19. The summed E-state index contributed by atoms with van der Waals surface area (Å²) in [4.78, 5) is 29.7.